The van der Waals surface area contributed by atoms with Crippen LogP contribution in [0.1, 0.15) is 29.7 Å². The van der Waals surface area contributed by atoms with Crippen LogP contribution in [0, 0.1) is 13.8 Å². The third-order valence-corrected chi connectivity index (χ3v) is 4.94. The number of carbonyl (C=O) groups is 1. The van der Waals surface area contributed by atoms with Gasteiger partial charge in [-0.25, -0.2) is 0 Å². The van der Waals surface area contributed by atoms with E-state index in [1.54, 1.807) is 25.1 Å². The minimum absolute atomic E-state index is 0.0195. The Morgan fingerprint density at radius 2 is 1.86 bits per heavy atom. The number of anilines is 1. The van der Waals surface area contributed by atoms with Crippen LogP contribution in [0.15, 0.2) is 53.7 Å². The lowest BCUT2D eigenvalue weighted by Crippen LogP contribution is -2.45. The molecule has 0 spiro atoms. The summed E-state index contributed by atoms with van der Waals surface area (Å²) in [4.78, 5) is 13.1. The molecular formula is C21H21F2N3O2S. The molecule has 152 valence electrons. The Balaban J connectivity index is 1.98. The number of halogens is 2. The highest BCUT2D eigenvalue weighted by Gasteiger charge is 2.32. The van der Waals surface area contributed by atoms with Gasteiger partial charge in [0.25, 0.3) is 5.91 Å². The number of carbonyl (C=O) groups excluding carboxylic acids is 1. The summed E-state index contributed by atoms with van der Waals surface area (Å²) in [5, 5.41) is 9.09. The van der Waals surface area contributed by atoms with Gasteiger partial charge in [-0.3, -0.25) is 4.79 Å². The first kappa shape index (κ1) is 20.7. The number of rotatable bonds is 5. The highest BCUT2D eigenvalue weighted by Crippen LogP contribution is 2.34. The monoisotopic (exact) mass is 417 g/mol. The summed E-state index contributed by atoms with van der Waals surface area (Å²) in [7, 11) is 0. The van der Waals surface area contributed by atoms with Crippen LogP contribution in [-0.4, -0.2) is 17.6 Å². The molecule has 0 saturated carbocycles. The minimum Gasteiger partial charge on any atom is -0.434 e. The molecule has 0 unspecified atom stereocenters. The summed E-state index contributed by atoms with van der Waals surface area (Å²) in [6.07, 6.45) is 0. The molecule has 0 fully saturated rings. The number of nitrogens with one attached hydrogen (secondary N) is 3. The predicted molar refractivity (Wildman–Crippen MR) is 112 cm³/mol. The lowest BCUT2D eigenvalue weighted by molar-refractivity contribution is -0.113. The Kier molecular flexibility index (Phi) is 6.12. The fourth-order valence-corrected chi connectivity index (χ4v) is 3.44. The zero-order valence-corrected chi connectivity index (χ0v) is 17.0. The molecule has 5 nitrogen and oxygen atoms in total. The van der Waals surface area contributed by atoms with E-state index in [1.165, 1.54) is 6.07 Å². The summed E-state index contributed by atoms with van der Waals surface area (Å²) in [6, 6.07) is 11.2. The molecule has 0 saturated heterocycles. The molecule has 1 atom stereocenters. The molecule has 1 amide bonds. The average Bonchev–Trinajstić information content (AvgIpc) is 2.64. The van der Waals surface area contributed by atoms with Crippen LogP contribution in [0.5, 0.6) is 5.75 Å². The molecule has 1 heterocycles. The molecule has 2 aromatic carbocycles. The number of ether oxygens (including phenoxy) is 1. The third kappa shape index (κ3) is 4.71. The Morgan fingerprint density at radius 1 is 1.14 bits per heavy atom. The number of hydrogen-bond donors (Lipinski definition) is 3. The normalized spacial score (nSPS) is 16.3. The molecule has 0 radical (unpaired) electrons. The van der Waals surface area contributed by atoms with E-state index in [0.29, 0.717) is 27.6 Å². The van der Waals surface area contributed by atoms with E-state index in [4.69, 9.17) is 12.2 Å². The van der Waals surface area contributed by atoms with E-state index in [0.717, 1.165) is 11.1 Å². The van der Waals surface area contributed by atoms with Crippen LogP contribution in [-0.2, 0) is 4.79 Å². The SMILES string of the molecule is CC1=C(C(=O)Nc2ccc(C)c(C)c2)[C@@H](c2ccccc2OC(F)F)NC(=S)N1. The fourth-order valence-electron chi connectivity index (χ4n) is 3.17. The number of thiocarbonyl (C=S) groups is 1. The van der Waals surface area contributed by atoms with E-state index in [1.807, 2.05) is 32.0 Å². The Hall–Kier alpha value is -3.00. The average molecular weight is 417 g/mol. The van der Waals surface area contributed by atoms with Crippen molar-refractivity contribution in [3.05, 3.63) is 70.4 Å². The topological polar surface area (TPSA) is 62.4 Å². The first-order valence-corrected chi connectivity index (χ1v) is 9.37. The van der Waals surface area contributed by atoms with Gasteiger partial charge in [-0.2, -0.15) is 8.78 Å². The predicted octanol–water partition coefficient (Wildman–Crippen LogP) is 4.34. The first-order chi connectivity index (χ1) is 13.8. The molecule has 29 heavy (non-hydrogen) atoms. The molecule has 3 rings (SSSR count). The molecule has 8 heteroatoms. The quantitative estimate of drug-likeness (QED) is 0.632. The highest BCUT2D eigenvalue weighted by atomic mass is 32.1. The van der Waals surface area contributed by atoms with Crippen molar-refractivity contribution in [3.63, 3.8) is 0 Å². The fraction of sp³-hybridized carbons (Fsp3) is 0.238. The summed E-state index contributed by atoms with van der Waals surface area (Å²) >= 11 is 5.21. The van der Waals surface area contributed by atoms with E-state index < -0.39 is 12.7 Å². The summed E-state index contributed by atoms with van der Waals surface area (Å²) in [5.41, 5.74) is 4.06. The van der Waals surface area contributed by atoms with Gasteiger partial charge in [0.2, 0.25) is 0 Å². The number of benzene rings is 2. The van der Waals surface area contributed by atoms with Gasteiger partial charge in [-0.15, -0.1) is 0 Å². The largest absolute Gasteiger partial charge is 0.434 e. The van der Waals surface area contributed by atoms with Gasteiger partial charge in [0.05, 0.1) is 11.6 Å². The van der Waals surface area contributed by atoms with Crippen molar-refractivity contribution in [2.75, 3.05) is 5.32 Å². The summed E-state index contributed by atoms with van der Waals surface area (Å²) in [5.74, 6) is -0.390. The second-order valence-electron chi connectivity index (χ2n) is 6.74. The van der Waals surface area contributed by atoms with Crippen molar-refractivity contribution in [1.29, 1.82) is 0 Å². The Bertz CT molecular complexity index is 992. The molecule has 0 aromatic heterocycles. The molecule has 2 aromatic rings. The number of para-hydroxylation sites is 1. The van der Waals surface area contributed by atoms with Gasteiger partial charge in [0, 0.05) is 16.9 Å². The maximum atomic E-state index is 13.1. The van der Waals surface area contributed by atoms with Crippen LogP contribution in [0.4, 0.5) is 14.5 Å². The van der Waals surface area contributed by atoms with Crippen molar-refractivity contribution in [2.45, 2.75) is 33.4 Å². The lowest BCUT2D eigenvalue weighted by atomic mass is 9.94. The van der Waals surface area contributed by atoms with Gasteiger partial charge >= 0.3 is 6.61 Å². The van der Waals surface area contributed by atoms with Crippen molar-refractivity contribution in [3.8, 4) is 5.75 Å². The number of amides is 1. The first-order valence-electron chi connectivity index (χ1n) is 8.97. The van der Waals surface area contributed by atoms with Crippen LogP contribution in [0.25, 0.3) is 0 Å². The number of allylic oxidation sites excluding steroid dienone is 1. The maximum absolute atomic E-state index is 13.1. The van der Waals surface area contributed by atoms with Crippen molar-refractivity contribution >= 4 is 28.9 Å². The van der Waals surface area contributed by atoms with Gasteiger partial charge in [-0.1, -0.05) is 24.3 Å². The van der Waals surface area contributed by atoms with Crippen molar-refractivity contribution < 1.29 is 18.3 Å². The van der Waals surface area contributed by atoms with Crippen LogP contribution in [0.2, 0.25) is 0 Å². The van der Waals surface area contributed by atoms with Crippen LogP contribution >= 0.6 is 12.2 Å². The Morgan fingerprint density at radius 3 is 2.55 bits per heavy atom. The number of alkyl halides is 2. The minimum atomic E-state index is -2.98. The van der Waals surface area contributed by atoms with E-state index >= 15 is 0 Å². The lowest BCUT2D eigenvalue weighted by Gasteiger charge is -2.31. The zero-order chi connectivity index (χ0) is 21.1. The second kappa shape index (κ2) is 8.57. The number of aryl methyl sites for hydroxylation is 2. The molecule has 0 bridgehead atoms. The van der Waals surface area contributed by atoms with Crippen LogP contribution < -0.4 is 20.7 Å². The van der Waals surface area contributed by atoms with Gasteiger partial charge in [-0.05, 0) is 62.3 Å². The van der Waals surface area contributed by atoms with E-state index in [-0.39, 0.29) is 11.7 Å². The molecular weight excluding hydrogens is 396 g/mol. The van der Waals surface area contributed by atoms with E-state index in [2.05, 4.69) is 20.7 Å². The van der Waals surface area contributed by atoms with Gasteiger partial charge in [0.15, 0.2) is 5.11 Å². The van der Waals surface area contributed by atoms with Gasteiger partial charge < -0.3 is 20.7 Å². The smallest absolute Gasteiger partial charge is 0.387 e. The van der Waals surface area contributed by atoms with Crippen molar-refractivity contribution in [2.24, 2.45) is 0 Å². The summed E-state index contributed by atoms with van der Waals surface area (Å²) in [6.45, 7) is 2.67. The van der Waals surface area contributed by atoms with Crippen molar-refractivity contribution in [1.82, 2.24) is 10.6 Å². The van der Waals surface area contributed by atoms with Crippen LogP contribution in [0.3, 0.4) is 0 Å². The molecule has 3 N–H and O–H groups in total. The zero-order valence-electron chi connectivity index (χ0n) is 16.2. The molecule has 1 aliphatic rings. The number of hydrogen-bond acceptors (Lipinski definition) is 3. The molecule has 1 aliphatic heterocycles. The second-order valence-corrected chi connectivity index (χ2v) is 7.15. The Labute approximate surface area is 173 Å². The third-order valence-electron chi connectivity index (χ3n) is 4.72. The molecule has 0 aliphatic carbocycles. The summed E-state index contributed by atoms with van der Waals surface area (Å²) < 4.78 is 30.4. The van der Waals surface area contributed by atoms with E-state index in [9.17, 15) is 13.6 Å². The maximum Gasteiger partial charge on any atom is 0.387 e. The van der Waals surface area contributed by atoms with Gasteiger partial charge in [0.1, 0.15) is 5.75 Å². The highest BCUT2D eigenvalue weighted by molar-refractivity contribution is 7.80. The standard InChI is InChI=1S/C21H21F2N3O2S/c1-11-8-9-14(10-12(11)2)25-19(27)17-13(3)24-21(29)26-18(17)15-6-4-5-7-16(15)28-20(22)23/h4-10,18,20H,1-3H3,(H,25,27)(H2,24,26,29)/t18-/m1/s1.